The topological polar surface area (TPSA) is 66.9 Å². The highest BCUT2D eigenvalue weighted by atomic mass is 32.2. The molecule has 1 saturated heterocycles. The molecule has 2 aliphatic rings. The fourth-order valence-corrected chi connectivity index (χ4v) is 5.73. The van der Waals surface area contributed by atoms with Crippen molar-refractivity contribution in [3.63, 3.8) is 0 Å². The number of urea groups is 1. The number of hydrogen-bond donors (Lipinski definition) is 0. The van der Waals surface area contributed by atoms with E-state index in [1.165, 1.54) is 0 Å². The van der Waals surface area contributed by atoms with Crippen LogP contribution >= 0.6 is 0 Å². The third-order valence-electron chi connectivity index (χ3n) is 6.61. The van der Waals surface area contributed by atoms with E-state index in [-0.39, 0.29) is 23.9 Å². The number of carbonyl (C=O) groups is 1. The zero-order chi connectivity index (χ0) is 22.2. The summed E-state index contributed by atoms with van der Waals surface area (Å²) in [5, 5.41) is 0. The smallest absolute Gasteiger partial charge is 0.325 e. The first kappa shape index (κ1) is 21.7. The lowest BCUT2D eigenvalue weighted by molar-refractivity contribution is 0.160. The third kappa shape index (κ3) is 3.91. The molecule has 0 N–H and O–H groups in total. The highest BCUT2D eigenvalue weighted by Crippen LogP contribution is 2.44. The lowest BCUT2D eigenvalue weighted by atomic mass is 9.99. The van der Waals surface area contributed by atoms with Crippen LogP contribution in [0.25, 0.3) is 0 Å². The fraction of sp³-hybridized carbons (Fsp3) is 0.458. The first-order valence-electron chi connectivity index (χ1n) is 10.9. The van der Waals surface area contributed by atoms with Crippen molar-refractivity contribution in [1.82, 2.24) is 4.90 Å². The molecule has 0 bridgehead atoms. The van der Waals surface area contributed by atoms with Crippen LogP contribution in [0.1, 0.15) is 45.3 Å². The second-order valence-electron chi connectivity index (χ2n) is 8.87. The van der Waals surface area contributed by atoms with Gasteiger partial charge >= 0.3 is 6.03 Å². The van der Waals surface area contributed by atoms with E-state index >= 15 is 0 Å². The van der Waals surface area contributed by atoms with E-state index in [1.54, 1.807) is 18.7 Å². The van der Waals surface area contributed by atoms with Crippen molar-refractivity contribution in [1.29, 1.82) is 0 Å². The Kier molecular flexibility index (Phi) is 5.73. The van der Waals surface area contributed by atoms with Gasteiger partial charge in [-0.25, -0.2) is 13.2 Å². The second-order valence-corrected chi connectivity index (χ2v) is 11.6. The fourth-order valence-electron chi connectivity index (χ4n) is 4.23. The number of nitrogens with zero attached hydrogens (tertiary/aromatic N) is 2. The first-order valence-corrected chi connectivity index (χ1v) is 12.5. The van der Waals surface area contributed by atoms with Crippen LogP contribution in [0.3, 0.4) is 0 Å². The standard InChI is InChI=1S/C24H30N2O4S/c1-4-24(2,3)31(28,29)16-10-15-25-17-20-22(18-11-6-5-7-12-18)30-21-14-9-8-13-19(21)26(20)23(25)27/h5-9,11-14,20,22H,4,10,15-17H2,1-3H3. The van der Waals surface area contributed by atoms with Gasteiger partial charge in [0.1, 0.15) is 11.9 Å². The Morgan fingerprint density at radius 2 is 1.74 bits per heavy atom. The van der Waals surface area contributed by atoms with Crippen LogP contribution in [0, 0.1) is 0 Å². The minimum absolute atomic E-state index is 0.0808. The van der Waals surface area contributed by atoms with Gasteiger partial charge < -0.3 is 9.64 Å². The summed E-state index contributed by atoms with van der Waals surface area (Å²) in [5.74, 6) is 0.771. The largest absolute Gasteiger partial charge is 0.481 e. The van der Waals surface area contributed by atoms with Crippen LogP contribution in [-0.4, -0.2) is 49.0 Å². The average Bonchev–Trinajstić information content (AvgIpc) is 3.10. The van der Waals surface area contributed by atoms with E-state index in [4.69, 9.17) is 4.74 Å². The molecule has 0 spiro atoms. The molecule has 2 atom stereocenters. The second kappa shape index (κ2) is 8.19. The maximum Gasteiger partial charge on any atom is 0.325 e. The van der Waals surface area contributed by atoms with Crippen LogP contribution in [0.4, 0.5) is 10.5 Å². The van der Waals surface area contributed by atoms with E-state index in [2.05, 4.69) is 0 Å². The van der Waals surface area contributed by atoms with E-state index in [9.17, 15) is 13.2 Å². The lowest BCUT2D eigenvalue weighted by Gasteiger charge is -2.37. The van der Waals surface area contributed by atoms with Gasteiger partial charge in [0.25, 0.3) is 0 Å². The van der Waals surface area contributed by atoms with E-state index in [0.717, 1.165) is 11.3 Å². The number of para-hydroxylation sites is 2. The molecule has 1 fully saturated rings. The average molecular weight is 443 g/mol. The van der Waals surface area contributed by atoms with Crippen molar-refractivity contribution in [3.8, 4) is 5.75 Å². The predicted octanol–water partition coefficient (Wildman–Crippen LogP) is 4.42. The van der Waals surface area contributed by atoms with Gasteiger partial charge in [0.05, 0.1) is 22.2 Å². The normalized spacial score (nSPS) is 20.9. The Balaban J connectivity index is 1.55. The quantitative estimate of drug-likeness (QED) is 0.636. The molecular weight excluding hydrogens is 412 g/mol. The van der Waals surface area contributed by atoms with E-state index in [1.807, 2.05) is 66.4 Å². The highest BCUT2D eigenvalue weighted by molar-refractivity contribution is 7.92. The molecule has 2 aromatic rings. The zero-order valence-corrected chi connectivity index (χ0v) is 19.1. The molecule has 31 heavy (non-hydrogen) atoms. The number of anilines is 1. The molecule has 0 saturated carbocycles. The van der Waals surface area contributed by atoms with Gasteiger partial charge in [0, 0.05) is 13.1 Å². The molecule has 166 valence electrons. The Hall–Kier alpha value is -2.54. The number of amides is 2. The summed E-state index contributed by atoms with van der Waals surface area (Å²) < 4.78 is 30.9. The molecule has 2 aromatic carbocycles. The minimum Gasteiger partial charge on any atom is -0.481 e. The number of fused-ring (bicyclic) bond motifs is 3. The first-order chi connectivity index (χ1) is 14.7. The van der Waals surface area contributed by atoms with E-state index in [0.29, 0.717) is 31.7 Å². The molecule has 4 rings (SSSR count). The molecule has 0 aliphatic carbocycles. The van der Waals surface area contributed by atoms with Crippen molar-refractivity contribution in [3.05, 3.63) is 60.2 Å². The minimum atomic E-state index is -3.22. The number of hydrogen-bond acceptors (Lipinski definition) is 4. The number of carbonyl (C=O) groups excluding carboxylic acids is 1. The van der Waals surface area contributed by atoms with Crippen LogP contribution in [-0.2, 0) is 9.84 Å². The van der Waals surface area contributed by atoms with Crippen LogP contribution in [0.5, 0.6) is 5.75 Å². The summed E-state index contributed by atoms with van der Waals surface area (Å²) in [6.45, 7) is 6.34. The molecule has 2 aliphatic heterocycles. The summed E-state index contributed by atoms with van der Waals surface area (Å²) in [6.07, 6.45) is 0.727. The molecule has 2 heterocycles. The molecule has 2 unspecified atom stereocenters. The van der Waals surface area contributed by atoms with Crippen LogP contribution in [0.2, 0.25) is 0 Å². The number of sulfone groups is 1. The van der Waals surface area contributed by atoms with Crippen molar-refractivity contribution in [2.75, 3.05) is 23.7 Å². The van der Waals surface area contributed by atoms with Gasteiger partial charge in [0.2, 0.25) is 0 Å². The summed E-state index contributed by atoms with van der Waals surface area (Å²) in [7, 11) is -3.22. The maximum absolute atomic E-state index is 13.3. The number of benzene rings is 2. The molecular formula is C24H30N2O4S. The van der Waals surface area contributed by atoms with Gasteiger partial charge in [0.15, 0.2) is 9.84 Å². The Morgan fingerprint density at radius 1 is 1.06 bits per heavy atom. The Morgan fingerprint density at radius 3 is 2.45 bits per heavy atom. The predicted molar refractivity (Wildman–Crippen MR) is 122 cm³/mol. The van der Waals surface area contributed by atoms with Gasteiger partial charge in [-0.15, -0.1) is 0 Å². The molecule has 0 aromatic heterocycles. The number of ether oxygens (including phenoxy) is 1. The zero-order valence-electron chi connectivity index (χ0n) is 18.3. The molecule has 2 amide bonds. The SMILES string of the molecule is CCC(C)(C)S(=O)(=O)CCCN1CC2C(c3ccccc3)Oc3ccccc3N2C1=O. The summed E-state index contributed by atoms with van der Waals surface area (Å²) >= 11 is 0. The van der Waals surface area contributed by atoms with Crippen LogP contribution < -0.4 is 9.64 Å². The van der Waals surface area contributed by atoms with Crippen molar-refractivity contribution >= 4 is 21.6 Å². The van der Waals surface area contributed by atoms with Crippen molar-refractivity contribution in [2.45, 2.75) is 50.5 Å². The van der Waals surface area contributed by atoms with Crippen molar-refractivity contribution < 1.29 is 17.9 Å². The molecule has 0 radical (unpaired) electrons. The van der Waals surface area contributed by atoms with Gasteiger partial charge in [-0.2, -0.15) is 0 Å². The highest BCUT2D eigenvalue weighted by Gasteiger charge is 2.47. The molecule has 7 heteroatoms. The number of rotatable bonds is 7. The van der Waals surface area contributed by atoms with Crippen LogP contribution in [0.15, 0.2) is 54.6 Å². The Bertz CT molecular complexity index is 1050. The van der Waals surface area contributed by atoms with Gasteiger partial charge in [-0.1, -0.05) is 49.4 Å². The van der Waals surface area contributed by atoms with Crippen molar-refractivity contribution in [2.24, 2.45) is 0 Å². The summed E-state index contributed by atoms with van der Waals surface area (Å²) in [5.41, 5.74) is 1.79. The third-order valence-corrected chi connectivity index (χ3v) is 9.41. The Labute approximate surface area is 184 Å². The summed E-state index contributed by atoms with van der Waals surface area (Å²) in [6, 6.07) is 17.3. The van der Waals surface area contributed by atoms with Gasteiger partial charge in [-0.05, 0) is 44.4 Å². The summed E-state index contributed by atoms with van der Waals surface area (Å²) in [4.78, 5) is 16.9. The molecule has 6 nitrogen and oxygen atoms in total. The van der Waals surface area contributed by atoms with E-state index < -0.39 is 14.6 Å². The lowest BCUT2D eigenvalue weighted by Crippen LogP contribution is -2.43. The van der Waals surface area contributed by atoms with Gasteiger partial charge in [-0.3, -0.25) is 4.90 Å². The monoisotopic (exact) mass is 442 g/mol. The maximum atomic E-state index is 13.3.